The van der Waals surface area contributed by atoms with E-state index in [1.54, 1.807) is 0 Å². The highest BCUT2D eigenvalue weighted by Crippen LogP contribution is 2.08. The molecule has 1 atom stereocenters. The first-order valence-corrected chi connectivity index (χ1v) is 7.18. The van der Waals surface area contributed by atoms with Gasteiger partial charge in [0.1, 0.15) is 0 Å². The van der Waals surface area contributed by atoms with Gasteiger partial charge in [0, 0.05) is 12.5 Å². The number of amides is 1. The lowest BCUT2D eigenvalue weighted by atomic mass is 10.0. The van der Waals surface area contributed by atoms with Crippen LogP contribution < -0.4 is 10.6 Å². The predicted octanol–water partition coefficient (Wildman–Crippen LogP) is 1.61. The van der Waals surface area contributed by atoms with Gasteiger partial charge in [-0.3, -0.25) is 4.79 Å². The Hall–Kier alpha value is -0.610. The van der Waals surface area contributed by atoms with Crippen molar-refractivity contribution in [1.82, 2.24) is 15.5 Å². The first-order valence-electron chi connectivity index (χ1n) is 7.18. The van der Waals surface area contributed by atoms with Crippen LogP contribution in [-0.4, -0.2) is 51.1 Å². The number of carbonyl (C=O) groups is 1. The Bertz CT molecular complexity index is 207. The summed E-state index contributed by atoms with van der Waals surface area (Å²) in [6.45, 7) is 4.06. The van der Waals surface area contributed by atoms with Gasteiger partial charge in [0.2, 0.25) is 5.91 Å². The third-order valence-corrected chi connectivity index (χ3v) is 3.07. The highest BCUT2D eigenvalue weighted by atomic mass is 16.1. The summed E-state index contributed by atoms with van der Waals surface area (Å²) in [5.74, 6) is 0.179. The van der Waals surface area contributed by atoms with Crippen molar-refractivity contribution in [1.29, 1.82) is 0 Å². The average molecular weight is 257 g/mol. The van der Waals surface area contributed by atoms with E-state index >= 15 is 0 Å². The third-order valence-electron chi connectivity index (χ3n) is 3.07. The minimum absolute atomic E-state index is 0.179. The maximum Gasteiger partial charge on any atom is 0.219 e. The van der Waals surface area contributed by atoms with Crippen LogP contribution in [0.15, 0.2) is 0 Å². The van der Waals surface area contributed by atoms with E-state index in [0.29, 0.717) is 12.5 Å². The summed E-state index contributed by atoms with van der Waals surface area (Å²) in [6, 6.07) is 0.356. The summed E-state index contributed by atoms with van der Waals surface area (Å²) in [5.41, 5.74) is 0. The van der Waals surface area contributed by atoms with Gasteiger partial charge in [0.25, 0.3) is 0 Å². The number of hydrogen-bond donors (Lipinski definition) is 2. The van der Waals surface area contributed by atoms with Crippen LogP contribution in [0.5, 0.6) is 0 Å². The smallest absolute Gasteiger partial charge is 0.219 e. The summed E-state index contributed by atoms with van der Waals surface area (Å²) in [7, 11) is 6.16. The van der Waals surface area contributed by atoms with Crippen LogP contribution in [0.1, 0.15) is 45.4 Å². The molecule has 4 heteroatoms. The van der Waals surface area contributed by atoms with E-state index in [1.165, 1.54) is 12.8 Å². The van der Waals surface area contributed by atoms with Crippen molar-refractivity contribution in [2.75, 3.05) is 34.2 Å². The van der Waals surface area contributed by atoms with E-state index in [9.17, 15) is 4.79 Å². The highest BCUT2D eigenvalue weighted by molar-refractivity contribution is 5.75. The van der Waals surface area contributed by atoms with Gasteiger partial charge < -0.3 is 15.5 Å². The second-order valence-corrected chi connectivity index (χ2v) is 5.16. The minimum Gasteiger partial charge on any atom is -0.353 e. The number of carbonyl (C=O) groups excluding carboxylic acids is 1. The lowest BCUT2D eigenvalue weighted by molar-refractivity contribution is -0.121. The number of unbranched alkanes of at least 4 members (excludes halogenated alkanes) is 1. The predicted molar refractivity (Wildman–Crippen MR) is 77.8 cm³/mol. The monoisotopic (exact) mass is 257 g/mol. The molecular weight excluding hydrogens is 226 g/mol. The van der Waals surface area contributed by atoms with E-state index < -0.39 is 0 Å². The summed E-state index contributed by atoms with van der Waals surface area (Å²) in [4.78, 5) is 13.7. The van der Waals surface area contributed by atoms with Crippen LogP contribution in [0, 0.1) is 0 Å². The Labute approximate surface area is 113 Å². The second-order valence-electron chi connectivity index (χ2n) is 5.16. The van der Waals surface area contributed by atoms with Crippen LogP contribution in [0.25, 0.3) is 0 Å². The van der Waals surface area contributed by atoms with Gasteiger partial charge in [-0.05, 0) is 59.9 Å². The zero-order valence-electron chi connectivity index (χ0n) is 12.6. The Morgan fingerprint density at radius 1 is 1.17 bits per heavy atom. The molecule has 0 aliphatic heterocycles. The number of nitrogens with zero attached hydrogens (tertiary/aromatic N) is 1. The molecule has 0 heterocycles. The molecule has 0 aromatic carbocycles. The van der Waals surface area contributed by atoms with Crippen molar-refractivity contribution in [3.8, 4) is 0 Å². The van der Waals surface area contributed by atoms with Gasteiger partial charge in [-0.1, -0.05) is 13.3 Å². The first-order chi connectivity index (χ1) is 8.60. The summed E-state index contributed by atoms with van der Waals surface area (Å²) in [5, 5.41) is 6.30. The molecule has 0 saturated carbocycles. The number of rotatable bonds is 11. The zero-order chi connectivity index (χ0) is 13.8. The lowest BCUT2D eigenvalue weighted by Gasteiger charge is -2.19. The van der Waals surface area contributed by atoms with Crippen LogP contribution in [-0.2, 0) is 4.79 Å². The molecule has 0 aliphatic carbocycles. The van der Waals surface area contributed by atoms with E-state index in [1.807, 2.05) is 14.0 Å². The van der Waals surface area contributed by atoms with Gasteiger partial charge in [-0.15, -0.1) is 0 Å². The van der Waals surface area contributed by atoms with Crippen LogP contribution in [0.4, 0.5) is 0 Å². The molecule has 0 fully saturated rings. The molecule has 1 unspecified atom stereocenters. The van der Waals surface area contributed by atoms with Crippen molar-refractivity contribution in [2.24, 2.45) is 0 Å². The quantitative estimate of drug-likeness (QED) is 0.553. The molecule has 0 spiro atoms. The molecule has 0 radical (unpaired) electrons. The van der Waals surface area contributed by atoms with Crippen LogP contribution in [0.3, 0.4) is 0 Å². The van der Waals surface area contributed by atoms with Gasteiger partial charge >= 0.3 is 0 Å². The maximum atomic E-state index is 11.5. The van der Waals surface area contributed by atoms with Crippen molar-refractivity contribution >= 4 is 5.91 Å². The van der Waals surface area contributed by atoms with Crippen molar-refractivity contribution in [2.45, 2.75) is 51.5 Å². The Balaban J connectivity index is 3.87. The molecule has 1 amide bonds. The first kappa shape index (κ1) is 17.4. The van der Waals surface area contributed by atoms with Gasteiger partial charge in [0.15, 0.2) is 0 Å². The van der Waals surface area contributed by atoms with Crippen molar-refractivity contribution < 1.29 is 4.79 Å². The van der Waals surface area contributed by atoms with E-state index in [0.717, 1.165) is 32.4 Å². The zero-order valence-corrected chi connectivity index (χ0v) is 12.6. The van der Waals surface area contributed by atoms with Crippen molar-refractivity contribution in [3.63, 3.8) is 0 Å². The fourth-order valence-corrected chi connectivity index (χ4v) is 1.96. The van der Waals surface area contributed by atoms with E-state index in [-0.39, 0.29) is 5.91 Å². The van der Waals surface area contributed by atoms with E-state index in [2.05, 4.69) is 29.6 Å². The molecule has 108 valence electrons. The summed E-state index contributed by atoms with van der Waals surface area (Å²) < 4.78 is 0. The lowest BCUT2D eigenvalue weighted by Crippen LogP contribution is -2.35. The molecule has 0 aliphatic rings. The standard InChI is InChI=1S/C14H31N3O/c1-5-14(18)16-13(9-6-7-11-15-2)10-8-12-17(3)4/h13,15H,5-12H2,1-4H3,(H,16,18). The summed E-state index contributed by atoms with van der Waals surface area (Å²) >= 11 is 0. The number of nitrogens with one attached hydrogen (secondary N) is 2. The van der Waals surface area contributed by atoms with Crippen LogP contribution in [0.2, 0.25) is 0 Å². The maximum absolute atomic E-state index is 11.5. The highest BCUT2D eigenvalue weighted by Gasteiger charge is 2.10. The molecule has 0 aromatic rings. The Kier molecular flexibility index (Phi) is 11.1. The van der Waals surface area contributed by atoms with Crippen molar-refractivity contribution in [3.05, 3.63) is 0 Å². The third kappa shape index (κ3) is 10.5. The fraction of sp³-hybridized carbons (Fsp3) is 0.929. The fourth-order valence-electron chi connectivity index (χ4n) is 1.96. The van der Waals surface area contributed by atoms with Gasteiger partial charge in [0.05, 0.1) is 0 Å². The van der Waals surface area contributed by atoms with Gasteiger partial charge in [-0.2, -0.15) is 0 Å². The Morgan fingerprint density at radius 2 is 1.83 bits per heavy atom. The molecule has 0 rings (SSSR count). The van der Waals surface area contributed by atoms with E-state index in [4.69, 9.17) is 0 Å². The topological polar surface area (TPSA) is 44.4 Å². The van der Waals surface area contributed by atoms with Crippen LogP contribution >= 0.6 is 0 Å². The molecule has 0 saturated heterocycles. The average Bonchev–Trinajstić information content (AvgIpc) is 2.33. The minimum atomic E-state index is 0.179. The molecule has 0 aromatic heterocycles. The molecule has 2 N–H and O–H groups in total. The van der Waals surface area contributed by atoms with Gasteiger partial charge in [-0.25, -0.2) is 0 Å². The normalized spacial score (nSPS) is 12.7. The summed E-state index contributed by atoms with van der Waals surface area (Å²) in [6.07, 6.45) is 6.28. The second kappa shape index (κ2) is 11.5. The molecule has 4 nitrogen and oxygen atoms in total. The molecular formula is C14H31N3O. The molecule has 18 heavy (non-hydrogen) atoms. The Morgan fingerprint density at radius 3 is 2.39 bits per heavy atom. The molecule has 0 bridgehead atoms. The largest absolute Gasteiger partial charge is 0.353 e. The number of hydrogen-bond acceptors (Lipinski definition) is 3. The SMILES string of the molecule is CCC(=O)NC(CCCCNC)CCCN(C)C.